The van der Waals surface area contributed by atoms with Gasteiger partial charge in [-0.1, -0.05) is 23.2 Å². The zero-order chi connectivity index (χ0) is 11.0. The highest BCUT2D eigenvalue weighted by Crippen LogP contribution is 2.38. The first-order valence-corrected chi connectivity index (χ1v) is 6.37. The molecule has 0 aliphatic heterocycles. The molecule has 0 amide bonds. The summed E-state index contributed by atoms with van der Waals surface area (Å²) in [7, 11) is 0. The molecule has 2 aromatic heterocycles. The third kappa shape index (κ3) is 2.13. The molecule has 0 aromatic carbocycles. The van der Waals surface area contributed by atoms with Crippen molar-refractivity contribution in [3.8, 4) is 10.6 Å². The second kappa shape index (κ2) is 4.29. The molecule has 2 heterocycles. The van der Waals surface area contributed by atoms with Crippen LogP contribution in [0.4, 0.5) is 5.82 Å². The van der Waals surface area contributed by atoms with Crippen molar-refractivity contribution in [2.75, 3.05) is 5.73 Å². The second-order valence-corrected chi connectivity index (χ2v) is 5.37. The van der Waals surface area contributed by atoms with E-state index in [0.29, 0.717) is 15.7 Å². The van der Waals surface area contributed by atoms with Crippen LogP contribution in [-0.4, -0.2) is 4.98 Å². The van der Waals surface area contributed by atoms with Gasteiger partial charge in [-0.05, 0) is 33.4 Å². The molecule has 78 valence electrons. The Kier molecular flexibility index (Phi) is 3.21. The summed E-state index contributed by atoms with van der Waals surface area (Å²) in [6, 6.07) is 3.54. The number of anilines is 1. The maximum atomic E-state index is 6.05. The van der Waals surface area contributed by atoms with Crippen molar-refractivity contribution >= 4 is 56.3 Å². The number of thiophene rings is 1. The summed E-state index contributed by atoms with van der Waals surface area (Å²) in [6.07, 6.45) is 0. The number of nitrogen functional groups attached to an aromatic ring is 1. The van der Waals surface area contributed by atoms with Gasteiger partial charge in [-0.25, -0.2) is 4.98 Å². The molecule has 0 spiro atoms. The van der Waals surface area contributed by atoms with Crippen LogP contribution in [-0.2, 0) is 0 Å². The first-order valence-electron chi connectivity index (χ1n) is 3.94. The van der Waals surface area contributed by atoms with E-state index in [1.54, 1.807) is 6.07 Å². The third-order valence-electron chi connectivity index (χ3n) is 1.79. The number of nitrogens with zero attached hydrogens (tertiary/aromatic N) is 1. The van der Waals surface area contributed by atoms with Crippen LogP contribution >= 0.6 is 50.5 Å². The molecular weight excluding hydrogens is 319 g/mol. The average Bonchev–Trinajstić information content (AvgIpc) is 2.58. The number of hydrogen-bond donors (Lipinski definition) is 1. The van der Waals surface area contributed by atoms with Crippen molar-refractivity contribution < 1.29 is 0 Å². The molecule has 0 atom stereocenters. The normalized spacial score (nSPS) is 10.6. The molecule has 2 nitrogen and oxygen atoms in total. The number of pyridine rings is 1. The van der Waals surface area contributed by atoms with Crippen LogP contribution < -0.4 is 5.73 Å². The Balaban J connectivity index is 2.64. The van der Waals surface area contributed by atoms with Gasteiger partial charge >= 0.3 is 0 Å². The smallest absolute Gasteiger partial charge is 0.143 e. The van der Waals surface area contributed by atoms with Gasteiger partial charge in [-0.15, -0.1) is 11.3 Å². The Morgan fingerprint density at radius 3 is 2.67 bits per heavy atom. The topological polar surface area (TPSA) is 38.9 Å². The largest absolute Gasteiger partial charge is 0.382 e. The zero-order valence-electron chi connectivity index (χ0n) is 7.30. The highest BCUT2D eigenvalue weighted by atomic mass is 79.9. The summed E-state index contributed by atoms with van der Waals surface area (Å²) >= 11 is 16.8. The third-order valence-corrected chi connectivity index (χ3v) is 4.22. The van der Waals surface area contributed by atoms with Crippen LogP contribution in [0.2, 0.25) is 10.0 Å². The number of rotatable bonds is 1. The van der Waals surface area contributed by atoms with E-state index in [2.05, 4.69) is 20.9 Å². The molecule has 0 aliphatic carbocycles. The Labute approximate surface area is 109 Å². The van der Waals surface area contributed by atoms with Gasteiger partial charge < -0.3 is 5.73 Å². The maximum absolute atomic E-state index is 6.05. The molecule has 0 radical (unpaired) electrons. The minimum atomic E-state index is 0.288. The van der Waals surface area contributed by atoms with Crippen molar-refractivity contribution in [2.45, 2.75) is 0 Å². The van der Waals surface area contributed by atoms with Crippen molar-refractivity contribution in [2.24, 2.45) is 0 Å². The van der Waals surface area contributed by atoms with Crippen molar-refractivity contribution in [3.63, 3.8) is 0 Å². The fraction of sp³-hybridized carbons (Fsp3) is 0. The van der Waals surface area contributed by atoms with Gasteiger partial charge in [0.05, 0.1) is 14.9 Å². The van der Waals surface area contributed by atoms with E-state index in [4.69, 9.17) is 28.9 Å². The molecule has 0 unspecified atom stereocenters. The summed E-state index contributed by atoms with van der Waals surface area (Å²) in [6.45, 7) is 0. The Hall–Kier alpha value is -0.290. The van der Waals surface area contributed by atoms with E-state index >= 15 is 0 Å². The van der Waals surface area contributed by atoms with E-state index < -0.39 is 0 Å². The van der Waals surface area contributed by atoms with E-state index in [1.165, 1.54) is 11.3 Å². The monoisotopic (exact) mass is 322 g/mol. The molecule has 0 aliphatic rings. The molecule has 2 rings (SSSR count). The molecule has 0 fully saturated rings. The van der Waals surface area contributed by atoms with Crippen molar-refractivity contribution in [1.82, 2.24) is 4.98 Å². The molecule has 0 saturated heterocycles. The number of nitrogens with two attached hydrogens (primary N) is 1. The molecule has 0 saturated carbocycles. The highest BCUT2D eigenvalue weighted by Gasteiger charge is 2.12. The van der Waals surface area contributed by atoms with E-state index in [0.717, 1.165) is 9.35 Å². The zero-order valence-corrected chi connectivity index (χ0v) is 11.2. The quantitative estimate of drug-likeness (QED) is 0.841. The van der Waals surface area contributed by atoms with Crippen LogP contribution in [0, 0.1) is 0 Å². The van der Waals surface area contributed by atoms with Gasteiger partial charge in [0.2, 0.25) is 0 Å². The molecule has 2 aromatic rings. The van der Waals surface area contributed by atoms with Crippen LogP contribution in [0.5, 0.6) is 0 Å². The van der Waals surface area contributed by atoms with Gasteiger partial charge in [0.15, 0.2) is 0 Å². The van der Waals surface area contributed by atoms with E-state index in [9.17, 15) is 0 Å². The van der Waals surface area contributed by atoms with Gasteiger partial charge in [-0.3, -0.25) is 0 Å². The lowest BCUT2D eigenvalue weighted by atomic mass is 10.3. The van der Waals surface area contributed by atoms with Crippen LogP contribution in [0.25, 0.3) is 10.6 Å². The number of aromatic nitrogens is 1. The lowest BCUT2D eigenvalue weighted by molar-refractivity contribution is 1.34. The summed E-state index contributed by atoms with van der Waals surface area (Å²) < 4.78 is 0.948. The summed E-state index contributed by atoms with van der Waals surface area (Å²) in [4.78, 5) is 5.12. The number of hydrogen-bond acceptors (Lipinski definition) is 3. The molecule has 0 bridgehead atoms. The highest BCUT2D eigenvalue weighted by molar-refractivity contribution is 9.10. The Morgan fingerprint density at radius 2 is 2.07 bits per heavy atom. The van der Waals surface area contributed by atoms with Crippen molar-refractivity contribution in [3.05, 3.63) is 32.0 Å². The van der Waals surface area contributed by atoms with Gasteiger partial charge in [-0.2, -0.15) is 0 Å². The average molecular weight is 324 g/mol. The lowest BCUT2D eigenvalue weighted by Crippen LogP contribution is -1.93. The lowest BCUT2D eigenvalue weighted by Gasteiger charge is -2.04. The fourth-order valence-electron chi connectivity index (χ4n) is 1.10. The predicted octanol–water partition coefficient (Wildman–Crippen LogP) is 4.46. The molecule has 6 heteroatoms. The Bertz CT molecular complexity index is 513. The Morgan fingerprint density at radius 1 is 1.33 bits per heavy atom. The second-order valence-electron chi connectivity index (χ2n) is 2.78. The molecule has 15 heavy (non-hydrogen) atoms. The summed E-state index contributed by atoms with van der Waals surface area (Å²) in [5.74, 6) is 0.288. The van der Waals surface area contributed by atoms with Gasteiger partial charge in [0.25, 0.3) is 0 Å². The van der Waals surface area contributed by atoms with Crippen LogP contribution in [0.3, 0.4) is 0 Å². The van der Waals surface area contributed by atoms with Crippen LogP contribution in [0.15, 0.2) is 22.0 Å². The summed E-state index contributed by atoms with van der Waals surface area (Å²) in [5.41, 5.74) is 6.29. The fourth-order valence-corrected chi connectivity index (χ4v) is 3.18. The summed E-state index contributed by atoms with van der Waals surface area (Å²) in [5, 5.41) is 2.82. The SMILES string of the molecule is Nc1nc(-c2sccc2Br)c(Cl)cc1Cl. The molecular formula is C9H5BrCl2N2S. The minimum absolute atomic E-state index is 0.288. The first kappa shape index (κ1) is 11.2. The van der Waals surface area contributed by atoms with E-state index in [1.807, 2.05) is 11.4 Å². The van der Waals surface area contributed by atoms with E-state index in [-0.39, 0.29) is 5.82 Å². The minimum Gasteiger partial charge on any atom is -0.382 e. The first-order chi connectivity index (χ1) is 7.09. The maximum Gasteiger partial charge on any atom is 0.143 e. The van der Waals surface area contributed by atoms with Crippen molar-refractivity contribution in [1.29, 1.82) is 0 Å². The molecule has 2 N–H and O–H groups in total. The standard InChI is InChI=1S/C9H5BrCl2N2S/c10-4-1-2-15-8(4)7-5(11)3-6(12)9(13)14-7/h1-3H,(H2,13,14). The van der Waals surface area contributed by atoms with Crippen LogP contribution in [0.1, 0.15) is 0 Å². The number of halogens is 3. The predicted molar refractivity (Wildman–Crippen MR) is 69.7 cm³/mol. The van der Waals surface area contributed by atoms with Gasteiger partial charge in [0.1, 0.15) is 11.5 Å². The van der Waals surface area contributed by atoms with Gasteiger partial charge in [0, 0.05) is 4.47 Å².